The Hall–Kier alpha value is -2.53. The maximum atomic E-state index is 11.8. The van der Waals surface area contributed by atoms with E-state index in [2.05, 4.69) is 15.4 Å². The largest absolute Gasteiger partial charge is 0.465 e. The summed E-state index contributed by atoms with van der Waals surface area (Å²) in [5.41, 5.74) is 1.58. The number of halogens is 1. The Kier molecular flexibility index (Phi) is 5.38. The normalized spacial score (nSPS) is 9.91. The highest BCUT2D eigenvalue weighted by Gasteiger charge is 2.11. The first-order valence-corrected chi connectivity index (χ1v) is 6.94. The molecule has 2 aromatic rings. The first kappa shape index (κ1) is 15.9. The molecule has 2 N–H and O–H groups in total. The summed E-state index contributed by atoms with van der Waals surface area (Å²) in [6.07, 6.45) is 0. The van der Waals surface area contributed by atoms with E-state index in [1.165, 1.54) is 7.11 Å². The molecule has 5 nitrogen and oxygen atoms in total. The minimum Gasteiger partial charge on any atom is -0.465 e. The molecule has 1 amide bonds. The number of benzene rings is 2. The van der Waals surface area contributed by atoms with E-state index in [0.717, 1.165) is 5.69 Å². The maximum Gasteiger partial charge on any atom is 0.339 e. The monoisotopic (exact) mass is 318 g/mol. The van der Waals surface area contributed by atoms with Crippen LogP contribution in [0.1, 0.15) is 10.4 Å². The molecule has 0 bridgehead atoms. The third kappa shape index (κ3) is 4.23. The third-order valence-corrected chi connectivity index (χ3v) is 3.21. The molecule has 0 saturated carbocycles. The zero-order chi connectivity index (χ0) is 15.9. The van der Waals surface area contributed by atoms with E-state index in [0.29, 0.717) is 10.7 Å². The van der Waals surface area contributed by atoms with E-state index in [9.17, 15) is 9.59 Å². The molecule has 0 saturated heterocycles. The summed E-state index contributed by atoms with van der Waals surface area (Å²) in [7, 11) is 1.28. The third-order valence-electron chi connectivity index (χ3n) is 2.88. The second kappa shape index (κ2) is 7.47. The Morgan fingerprint density at radius 3 is 2.50 bits per heavy atom. The Morgan fingerprint density at radius 2 is 1.82 bits per heavy atom. The number of rotatable bonds is 5. The van der Waals surface area contributed by atoms with Crippen molar-refractivity contribution in [1.82, 2.24) is 0 Å². The molecular formula is C16H15ClN2O3. The highest BCUT2D eigenvalue weighted by Crippen LogP contribution is 2.21. The van der Waals surface area contributed by atoms with Gasteiger partial charge in [-0.25, -0.2) is 4.79 Å². The number of hydrogen-bond acceptors (Lipinski definition) is 4. The second-order valence-electron chi connectivity index (χ2n) is 4.45. The number of amides is 1. The molecule has 0 radical (unpaired) electrons. The fourth-order valence-corrected chi connectivity index (χ4v) is 2.01. The molecule has 0 unspecified atom stereocenters. The lowest BCUT2D eigenvalue weighted by atomic mass is 10.2. The SMILES string of the molecule is COC(=O)c1cc(NCC(=O)Nc2ccccc2)ccc1Cl. The van der Waals surface area contributed by atoms with Crippen molar-refractivity contribution in [3.63, 3.8) is 0 Å². The molecule has 2 aromatic carbocycles. The summed E-state index contributed by atoms with van der Waals surface area (Å²) in [4.78, 5) is 23.4. The van der Waals surface area contributed by atoms with Crippen LogP contribution in [-0.2, 0) is 9.53 Å². The topological polar surface area (TPSA) is 67.4 Å². The summed E-state index contributed by atoms with van der Waals surface area (Å²) in [6.45, 7) is 0.0666. The van der Waals surface area contributed by atoms with E-state index in [-0.39, 0.29) is 18.0 Å². The molecular weight excluding hydrogens is 304 g/mol. The summed E-state index contributed by atoms with van der Waals surface area (Å²) >= 11 is 5.93. The molecule has 22 heavy (non-hydrogen) atoms. The number of carbonyl (C=O) groups is 2. The highest BCUT2D eigenvalue weighted by molar-refractivity contribution is 6.33. The van der Waals surface area contributed by atoms with E-state index < -0.39 is 5.97 Å². The van der Waals surface area contributed by atoms with Gasteiger partial charge in [-0.1, -0.05) is 29.8 Å². The lowest BCUT2D eigenvalue weighted by Gasteiger charge is -2.09. The molecule has 114 valence electrons. The highest BCUT2D eigenvalue weighted by atomic mass is 35.5. The summed E-state index contributed by atoms with van der Waals surface area (Å²) in [5.74, 6) is -0.719. The van der Waals surface area contributed by atoms with Crippen molar-refractivity contribution < 1.29 is 14.3 Å². The maximum absolute atomic E-state index is 11.8. The first-order chi connectivity index (χ1) is 10.6. The average molecular weight is 319 g/mol. The molecule has 0 aliphatic carbocycles. The summed E-state index contributed by atoms with van der Waals surface area (Å²) < 4.78 is 4.65. The average Bonchev–Trinajstić information content (AvgIpc) is 2.54. The lowest BCUT2D eigenvalue weighted by Crippen LogP contribution is -2.21. The number of esters is 1. The molecule has 0 aliphatic heterocycles. The van der Waals surface area contributed by atoms with Crippen molar-refractivity contribution in [1.29, 1.82) is 0 Å². The lowest BCUT2D eigenvalue weighted by molar-refractivity contribution is -0.114. The number of carbonyl (C=O) groups excluding carboxylic acids is 2. The predicted molar refractivity (Wildman–Crippen MR) is 86.4 cm³/mol. The Bertz CT molecular complexity index is 674. The van der Waals surface area contributed by atoms with Gasteiger partial charge in [-0.2, -0.15) is 0 Å². The van der Waals surface area contributed by atoms with Crippen LogP contribution < -0.4 is 10.6 Å². The Morgan fingerprint density at radius 1 is 1.09 bits per heavy atom. The summed E-state index contributed by atoms with van der Waals surface area (Å²) in [6, 6.07) is 14.0. The number of methoxy groups -OCH3 is 1. The zero-order valence-electron chi connectivity index (χ0n) is 11.9. The van der Waals surface area contributed by atoms with E-state index in [1.54, 1.807) is 30.3 Å². The van der Waals surface area contributed by atoms with Crippen LogP contribution in [0, 0.1) is 0 Å². The fourth-order valence-electron chi connectivity index (χ4n) is 1.81. The van der Waals surface area contributed by atoms with E-state index in [1.807, 2.05) is 18.2 Å². The van der Waals surface area contributed by atoms with Gasteiger partial charge in [0.25, 0.3) is 0 Å². The van der Waals surface area contributed by atoms with Crippen molar-refractivity contribution in [2.75, 3.05) is 24.3 Å². The number of ether oxygens (including phenoxy) is 1. The van der Waals surface area contributed by atoms with Gasteiger partial charge in [0.15, 0.2) is 0 Å². The molecule has 0 fully saturated rings. The van der Waals surface area contributed by atoms with Crippen LogP contribution in [0.3, 0.4) is 0 Å². The molecule has 6 heteroatoms. The van der Waals surface area contributed by atoms with Crippen molar-refractivity contribution in [3.8, 4) is 0 Å². The Balaban J connectivity index is 1.97. The number of para-hydroxylation sites is 1. The Labute approximate surface area is 133 Å². The smallest absolute Gasteiger partial charge is 0.339 e. The standard InChI is InChI=1S/C16H15ClN2O3/c1-22-16(21)13-9-12(7-8-14(13)17)18-10-15(20)19-11-5-3-2-4-6-11/h2-9,18H,10H2,1H3,(H,19,20). The molecule has 0 aromatic heterocycles. The second-order valence-corrected chi connectivity index (χ2v) is 4.86. The van der Waals surface area contributed by atoms with Crippen LogP contribution >= 0.6 is 11.6 Å². The number of nitrogens with one attached hydrogen (secondary N) is 2. The minimum absolute atomic E-state index is 0.0666. The van der Waals surface area contributed by atoms with E-state index in [4.69, 9.17) is 11.6 Å². The van der Waals surface area contributed by atoms with Gasteiger partial charge in [-0.15, -0.1) is 0 Å². The van der Waals surface area contributed by atoms with Crippen molar-refractivity contribution >= 4 is 34.9 Å². The van der Waals surface area contributed by atoms with Crippen LogP contribution in [0.4, 0.5) is 11.4 Å². The van der Waals surface area contributed by atoms with Crippen LogP contribution in [-0.4, -0.2) is 25.5 Å². The van der Waals surface area contributed by atoms with Gasteiger partial charge >= 0.3 is 5.97 Å². The molecule has 0 heterocycles. The van der Waals surface area contributed by atoms with Crippen molar-refractivity contribution in [2.45, 2.75) is 0 Å². The van der Waals surface area contributed by atoms with E-state index >= 15 is 0 Å². The molecule has 0 atom stereocenters. The molecule has 0 aliphatic rings. The number of anilines is 2. The van der Waals surface area contributed by atoms with Crippen LogP contribution in [0.25, 0.3) is 0 Å². The predicted octanol–water partition coefficient (Wildman–Crippen LogP) is 3.18. The van der Waals surface area contributed by atoms with Gasteiger partial charge in [0.1, 0.15) is 0 Å². The van der Waals surface area contributed by atoms with Crippen molar-refractivity contribution in [3.05, 3.63) is 59.1 Å². The van der Waals surface area contributed by atoms with Crippen LogP contribution in [0.2, 0.25) is 5.02 Å². The van der Waals surface area contributed by atoms with Gasteiger partial charge in [-0.3, -0.25) is 4.79 Å². The number of hydrogen-bond donors (Lipinski definition) is 2. The van der Waals surface area contributed by atoms with Crippen LogP contribution in [0.15, 0.2) is 48.5 Å². The van der Waals surface area contributed by atoms with Crippen molar-refractivity contribution in [2.24, 2.45) is 0 Å². The zero-order valence-corrected chi connectivity index (χ0v) is 12.7. The fraction of sp³-hybridized carbons (Fsp3) is 0.125. The molecule has 2 rings (SSSR count). The van der Waals surface area contributed by atoms with Gasteiger partial charge in [0, 0.05) is 11.4 Å². The first-order valence-electron chi connectivity index (χ1n) is 6.57. The quantitative estimate of drug-likeness (QED) is 0.831. The minimum atomic E-state index is -0.526. The summed E-state index contributed by atoms with van der Waals surface area (Å²) in [5, 5.41) is 5.98. The van der Waals surface area contributed by atoms with Gasteiger partial charge < -0.3 is 15.4 Å². The van der Waals surface area contributed by atoms with Crippen LogP contribution in [0.5, 0.6) is 0 Å². The molecule has 0 spiro atoms. The van der Waals surface area contributed by atoms with Gasteiger partial charge in [0.05, 0.1) is 24.2 Å². The van der Waals surface area contributed by atoms with Gasteiger partial charge in [-0.05, 0) is 30.3 Å². The van der Waals surface area contributed by atoms with Gasteiger partial charge in [0.2, 0.25) is 5.91 Å².